The van der Waals surface area contributed by atoms with Crippen LogP contribution in [0.25, 0.3) is 10.2 Å². The summed E-state index contributed by atoms with van der Waals surface area (Å²) in [5.41, 5.74) is 0.982. The van der Waals surface area contributed by atoms with Crippen LogP contribution in [-0.2, 0) is 11.3 Å². The Morgan fingerprint density at radius 2 is 2.04 bits per heavy atom. The molecule has 3 rings (SSSR count). The first-order valence-electron chi connectivity index (χ1n) is 7.73. The first kappa shape index (κ1) is 16.9. The van der Waals surface area contributed by atoms with Crippen molar-refractivity contribution < 1.29 is 4.79 Å². The van der Waals surface area contributed by atoms with Gasteiger partial charge in [-0.2, -0.15) is 15.0 Å². The first-order chi connectivity index (χ1) is 11.6. The number of aromatic nitrogens is 4. The molecule has 0 aliphatic carbocycles. The number of para-hydroxylation sites is 1. The van der Waals surface area contributed by atoms with Crippen LogP contribution >= 0.6 is 23.1 Å². The van der Waals surface area contributed by atoms with Crippen molar-refractivity contribution in [3.05, 3.63) is 36.7 Å². The summed E-state index contributed by atoms with van der Waals surface area (Å²) in [6.07, 6.45) is 3.28. The zero-order valence-corrected chi connectivity index (χ0v) is 15.2. The fourth-order valence-corrected chi connectivity index (χ4v) is 4.10. The van der Waals surface area contributed by atoms with E-state index in [-0.39, 0.29) is 11.9 Å². The van der Waals surface area contributed by atoms with E-state index in [1.54, 1.807) is 28.5 Å². The van der Waals surface area contributed by atoms with Gasteiger partial charge in [0, 0.05) is 0 Å². The second kappa shape index (κ2) is 7.76. The van der Waals surface area contributed by atoms with Crippen LogP contribution in [0.4, 0.5) is 0 Å². The normalized spacial score (nSPS) is 12.6. The van der Waals surface area contributed by atoms with Crippen LogP contribution in [0.2, 0.25) is 0 Å². The molecule has 0 spiro atoms. The van der Waals surface area contributed by atoms with E-state index in [2.05, 4.69) is 34.3 Å². The standard InChI is InChI=1S/C16H19N5OS2/c1-11(2)13(9-21-17-7-8-18-21)19-15(22)10-23-16-20-12-5-3-4-6-14(12)24-16/h3-8,11,13H,9-10H2,1-2H3,(H,19,22). The number of nitrogens with zero attached hydrogens (tertiary/aromatic N) is 4. The molecule has 6 nitrogen and oxygen atoms in total. The number of thioether (sulfide) groups is 1. The van der Waals surface area contributed by atoms with Crippen LogP contribution in [-0.4, -0.2) is 37.7 Å². The quantitative estimate of drug-likeness (QED) is 0.655. The molecule has 1 unspecified atom stereocenters. The van der Waals surface area contributed by atoms with Gasteiger partial charge in [0.25, 0.3) is 0 Å². The highest BCUT2D eigenvalue weighted by molar-refractivity contribution is 8.01. The fourth-order valence-electron chi connectivity index (χ4n) is 2.23. The zero-order chi connectivity index (χ0) is 16.9. The van der Waals surface area contributed by atoms with Crippen molar-refractivity contribution in [1.82, 2.24) is 25.3 Å². The number of amides is 1. The number of rotatable bonds is 7. The Kier molecular flexibility index (Phi) is 5.47. The average Bonchev–Trinajstić information content (AvgIpc) is 3.21. The van der Waals surface area contributed by atoms with Gasteiger partial charge in [0.05, 0.1) is 40.9 Å². The van der Waals surface area contributed by atoms with E-state index in [9.17, 15) is 4.79 Å². The maximum Gasteiger partial charge on any atom is 0.230 e. The van der Waals surface area contributed by atoms with Gasteiger partial charge in [-0.05, 0) is 18.1 Å². The van der Waals surface area contributed by atoms with Crippen molar-refractivity contribution >= 4 is 39.2 Å². The number of carbonyl (C=O) groups excluding carboxylic acids is 1. The molecule has 8 heteroatoms. The molecule has 1 atom stereocenters. The SMILES string of the molecule is CC(C)C(Cn1nccn1)NC(=O)CSc1nc2ccccc2s1. The van der Waals surface area contributed by atoms with E-state index in [0.29, 0.717) is 18.2 Å². The molecular weight excluding hydrogens is 342 g/mol. The molecule has 24 heavy (non-hydrogen) atoms. The van der Waals surface area contributed by atoms with Crippen LogP contribution in [0.3, 0.4) is 0 Å². The highest BCUT2D eigenvalue weighted by atomic mass is 32.2. The molecular formula is C16H19N5OS2. The van der Waals surface area contributed by atoms with Gasteiger partial charge >= 0.3 is 0 Å². The lowest BCUT2D eigenvalue weighted by Crippen LogP contribution is -2.42. The molecule has 0 bridgehead atoms. The van der Waals surface area contributed by atoms with Gasteiger partial charge in [0.15, 0.2) is 4.34 Å². The number of hydrogen-bond donors (Lipinski definition) is 1. The van der Waals surface area contributed by atoms with Crippen molar-refractivity contribution in [3.8, 4) is 0 Å². The molecule has 0 aliphatic heterocycles. The number of hydrogen-bond acceptors (Lipinski definition) is 6. The third-order valence-corrected chi connectivity index (χ3v) is 5.76. The smallest absolute Gasteiger partial charge is 0.230 e. The monoisotopic (exact) mass is 361 g/mol. The Labute approximate surface area is 148 Å². The van der Waals surface area contributed by atoms with Crippen LogP contribution in [0, 0.1) is 5.92 Å². The summed E-state index contributed by atoms with van der Waals surface area (Å²) in [7, 11) is 0. The number of benzene rings is 1. The largest absolute Gasteiger partial charge is 0.350 e. The summed E-state index contributed by atoms with van der Waals surface area (Å²) in [4.78, 5) is 18.4. The van der Waals surface area contributed by atoms with Crippen LogP contribution in [0.1, 0.15) is 13.8 Å². The summed E-state index contributed by atoms with van der Waals surface area (Å²) in [5.74, 6) is 0.660. The van der Waals surface area contributed by atoms with E-state index in [0.717, 1.165) is 14.6 Å². The summed E-state index contributed by atoms with van der Waals surface area (Å²) in [6, 6.07) is 8.00. The van der Waals surface area contributed by atoms with E-state index >= 15 is 0 Å². The highest BCUT2D eigenvalue weighted by Gasteiger charge is 2.18. The Morgan fingerprint density at radius 1 is 1.29 bits per heavy atom. The molecule has 0 aliphatic rings. The second-order valence-corrected chi connectivity index (χ2v) is 7.99. The molecule has 1 N–H and O–H groups in total. The minimum Gasteiger partial charge on any atom is -0.350 e. The van der Waals surface area contributed by atoms with Gasteiger partial charge in [0.2, 0.25) is 5.91 Å². The minimum atomic E-state index is 0.000803. The topological polar surface area (TPSA) is 72.7 Å². The molecule has 2 heterocycles. The van der Waals surface area contributed by atoms with Crippen LogP contribution in [0.15, 0.2) is 41.0 Å². The molecule has 1 aromatic carbocycles. The molecule has 1 amide bonds. The lowest BCUT2D eigenvalue weighted by molar-refractivity contribution is -0.119. The van der Waals surface area contributed by atoms with Gasteiger partial charge in [0.1, 0.15) is 0 Å². The maximum atomic E-state index is 12.3. The molecule has 0 saturated heterocycles. The summed E-state index contributed by atoms with van der Waals surface area (Å²) >= 11 is 3.09. The Morgan fingerprint density at radius 3 is 2.75 bits per heavy atom. The van der Waals surface area contributed by atoms with E-state index in [1.807, 2.05) is 24.3 Å². The number of nitrogens with one attached hydrogen (secondary N) is 1. The van der Waals surface area contributed by atoms with Gasteiger partial charge in [-0.25, -0.2) is 4.98 Å². The van der Waals surface area contributed by atoms with Crippen molar-refractivity contribution in [2.75, 3.05) is 5.75 Å². The number of fused-ring (bicyclic) bond motifs is 1. The van der Waals surface area contributed by atoms with Gasteiger partial charge in [-0.15, -0.1) is 11.3 Å². The van der Waals surface area contributed by atoms with Gasteiger partial charge in [-0.1, -0.05) is 37.7 Å². The molecule has 2 aromatic heterocycles. The van der Waals surface area contributed by atoms with Crippen molar-refractivity contribution in [2.45, 2.75) is 30.8 Å². The Hall–Kier alpha value is -1.93. The molecule has 126 valence electrons. The first-order valence-corrected chi connectivity index (χ1v) is 9.54. The zero-order valence-electron chi connectivity index (χ0n) is 13.5. The molecule has 3 aromatic rings. The molecule has 0 fully saturated rings. The van der Waals surface area contributed by atoms with E-state index in [4.69, 9.17) is 0 Å². The lowest BCUT2D eigenvalue weighted by atomic mass is 10.0. The third kappa shape index (κ3) is 4.33. The predicted octanol–water partition coefficient (Wildman–Crippen LogP) is 2.82. The van der Waals surface area contributed by atoms with Crippen molar-refractivity contribution in [3.63, 3.8) is 0 Å². The van der Waals surface area contributed by atoms with Crippen molar-refractivity contribution in [1.29, 1.82) is 0 Å². The Balaban J connectivity index is 1.55. The molecule has 0 radical (unpaired) electrons. The summed E-state index contributed by atoms with van der Waals surface area (Å²) < 4.78 is 2.06. The van der Waals surface area contributed by atoms with Crippen LogP contribution < -0.4 is 5.32 Å². The van der Waals surface area contributed by atoms with E-state index < -0.39 is 0 Å². The van der Waals surface area contributed by atoms with Crippen LogP contribution in [0.5, 0.6) is 0 Å². The Bertz CT molecular complexity index is 767. The third-order valence-electron chi connectivity index (χ3n) is 3.58. The summed E-state index contributed by atoms with van der Waals surface area (Å²) in [6.45, 7) is 4.73. The van der Waals surface area contributed by atoms with Gasteiger partial charge < -0.3 is 5.32 Å². The highest BCUT2D eigenvalue weighted by Crippen LogP contribution is 2.29. The van der Waals surface area contributed by atoms with E-state index in [1.165, 1.54) is 11.8 Å². The lowest BCUT2D eigenvalue weighted by Gasteiger charge is -2.21. The number of carbonyl (C=O) groups is 1. The predicted molar refractivity (Wildman–Crippen MR) is 97.1 cm³/mol. The fraction of sp³-hybridized carbons (Fsp3) is 0.375. The number of thiazole rings is 1. The molecule has 0 saturated carbocycles. The summed E-state index contributed by atoms with van der Waals surface area (Å²) in [5, 5.41) is 11.3. The second-order valence-electron chi connectivity index (χ2n) is 5.74. The minimum absolute atomic E-state index is 0.000803. The maximum absolute atomic E-state index is 12.3. The van der Waals surface area contributed by atoms with Gasteiger partial charge in [-0.3, -0.25) is 4.79 Å². The van der Waals surface area contributed by atoms with Crippen molar-refractivity contribution in [2.24, 2.45) is 5.92 Å². The average molecular weight is 361 g/mol.